The van der Waals surface area contributed by atoms with Gasteiger partial charge in [0.25, 0.3) is 0 Å². The first-order chi connectivity index (χ1) is 11.0. The van der Waals surface area contributed by atoms with E-state index in [2.05, 4.69) is 5.32 Å². The van der Waals surface area contributed by atoms with E-state index >= 15 is 0 Å². The van der Waals surface area contributed by atoms with Crippen LogP contribution in [0.1, 0.15) is 24.2 Å². The Hall–Kier alpha value is -2.60. The van der Waals surface area contributed by atoms with Gasteiger partial charge < -0.3 is 15.2 Å². The van der Waals surface area contributed by atoms with Gasteiger partial charge in [0.05, 0.1) is 18.1 Å². The van der Waals surface area contributed by atoms with Crippen molar-refractivity contribution in [1.82, 2.24) is 0 Å². The lowest BCUT2D eigenvalue weighted by Crippen LogP contribution is -2.09. The van der Waals surface area contributed by atoms with Gasteiger partial charge in [-0.1, -0.05) is 30.3 Å². The Bertz CT molecular complexity index is 686. The van der Waals surface area contributed by atoms with Crippen LogP contribution in [0.25, 0.3) is 0 Å². The molecular formula is C17H20N2O4. The van der Waals surface area contributed by atoms with Crippen molar-refractivity contribution < 1.29 is 14.8 Å². The van der Waals surface area contributed by atoms with Gasteiger partial charge in [0, 0.05) is 23.4 Å². The Labute approximate surface area is 134 Å². The zero-order valence-corrected chi connectivity index (χ0v) is 13.2. The fourth-order valence-corrected chi connectivity index (χ4v) is 2.50. The molecule has 0 aromatic heterocycles. The van der Waals surface area contributed by atoms with Crippen LogP contribution in [-0.4, -0.2) is 23.7 Å². The van der Waals surface area contributed by atoms with Gasteiger partial charge in [0.1, 0.15) is 0 Å². The van der Waals surface area contributed by atoms with E-state index in [0.29, 0.717) is 18.5 Å². The predicted octanol–water partition coefficient (Wildman–Crippen LogP) is 3.31. The van der Waals surface area contributed by atoms with E-state index in [0.717, 1.165) is 11.3 Å². The van der Waals surface area contributed by atoms with Crippen LogP contribution in [0.4, 0.5) is 11.4 Å². The number of ether oxygens (including phenoxy) is 1. The summed E-state index contributed by atoms with van der Waals surface area (Å²) in [6.45, 7) is 2.21. The van der Waals surface area contributed by atoms with Gasteiger partial charge in [-0.2, -0.15) is 0 Å². The van der Waals surface area contributed by atoms with Crippen LogP contribution in [0.15, 0.2) is 42.5 Å². The third-order valence-corrected chi connectivity index (χ3v) is 3.61. The molecule has 122 valence electrons. The SMILES string of the molecule is COc1cccc(CCNc2ccccc2C(C)O)c1[N+](=O)[O-]. The van der Waals surface area contributed by atoms with Crippen LogP contribution in [0.3, 0.4) is 0 Å². The average molecular weight is 316 g/mol. The molecular weight excluding hydrogens is 296 g/mol. The van der Waals surface area contributed by atoms with Crippen LogP contribution in [0, 0.1) is 10.1 Å². The molecule has 6 nitrogen and oxygen atoms in total. The van der Waals surface area contributed by atoms with Crippen molar-refractivity contribution in [1.29, 1.82) is 0 Å². The van der Waals surface area contributed by atoms with E-state index in [4.69, 9.17) is 4.74 Å². The fraction of sp³-hybridized carbons (Fsp3) is 0.294. The maximum atomic E-state index is 11.3. The molecule has 0 amide bonds. The van der Waals surface area contributed by atoms with E-state index < -0.39 is 11.0 Å². The fourth-order valence-electron chi connectivity index (χ4n) is 2.50. The number of nitrogens with zero attached hydrogens (tertiary/aromatic N) is 1. The molecule has 0 bridgehead atoms. The maximum absolute atomic E-state index is 11.3. The van der Waals surface area contributed by atoms with Crippen molar-refractivity contribution in [2.75, 3.05) is 19.0 Å². The number of anilines is 1. The molecule has 2 aromatic carbocycles. The second kappa shape index (κ2) is 7.60. The van der Waals surface area contributed by atoms with Gasteiger partial charge >= 0.3 is 5.69 Å². The number of nitro groups is 1. The van der Waals surface area contributed by atoms with Crippen molar-refractivity contribution in [3.63, 3.8) is 0 Å². The summed E-state index contributed by atoms with van der Waals surface area (Å²) >= 11 is 0. The number of aliphatic hydroxyl groups excluding tert-OH is 1. The maximum Gasteiger partial charge on any atom is 0.314 e. The van der Waals surface area contributed by atoms with Gasteiger partial charge in [-0.3, -0.25) is 10.1 Å². The van der Waals surface area contributed by atoms with E-state index in [9.17, 15) is 15.2 Å². The van der Waals surface area contributed by atoms with Crippen molar-refractivity contribution in [2.24, 2.45) is 0 Å². The third-order valence-electron chi connectivity index (χ3n) is 3.61. The zero-order chi connectivity index (χ0) is 16.8. The molecule has 2 N–H and O–H groups in total. The predicted molar refractivity (Wildman–Crippen MR) is 88.9 cm³/mol. The number of aliphatic hydroxyl groups is 1. The van der Waals surface area contributed by atoms with Gasteiger partial charge in [0.15, 0.2) is 5.75 Å². The Morgan fingerprint density at radius 2 is 2.00 bits per heavy atom. The molecule has 0 spiro atoms. The number of methoxy groups -OCH3 is 1. The molecule has 6 heteroatoms. The number of hydrogen-bond acceptors (Lipinski definition) is 5. The first-order valence-corrected chi connectivity index (χ1v) is 7.35. The Morgan fingerprint density at radius 3 is 2.65 bits per heavy atom. The van der Waals surface area contributed by atoms with Crippen LogP contribution in [0.5, 0.6) is 5.75 Å². The van der Waals surface area contributed by atoms with Gasteiger partial charge in [-0.05, 0) is 25.5 Å². The number of rotatable bonds is 7. The molecule has 0 fully saturated rings. The topological polar surface area (TPSA) is 84.6 Å². The highest BCUT2D eigenvalue weighted by atomic mass is 16.6. The second-order valence-electron chi connectivity index (χ2n) is 5.17. The van der Waals surface area contributed by atoms with Crippen molar-refractivity contribution >= 4 is 11.4 Å². The number of nitro benzene ring substituents is 1. The van der Waals surface area contributed by atoms with Crippen molar-refractivity contribution in [3.05, 3.63) is 63.7 Å². The highest BCUT2D eigenvalue weighted by molar-refractivity contribution is 5.54. The van der Waals surface area contributed by atoms with Crippen LogP contribution >= 0.6 is 0 Å². The quantitative estimate of drug-likeness (QED) is 0.604. The second-order valence-corrected chi connectivity index (χ2v) is 5.17. The molecule has 23 heavy (non-hydrogen) atoms. The molecule has 0 aliphatic heterocycles. The first-order valence-electron chi connectivity index (χ1n) is 7.35. The van der Waals surface area contributed by atoms with Crippen LogP contribution in [0.2, 0.25) is 0 Å². The van der Waals surface area contributed by atoms with E-state index in [-0.39, 0.29) is 11.4 Å². The summed E-state index contributed by atoms with van der Waals surface area (Å²) in [6, 6.07) is 12.5. The summed E-state index contributed by atoms with van der Waals surface area (Å²) in [4.78, 5) is 10.8. The summed E-state index contributed by atoms with van der Waals surface area (Å²) in [7, 11) is 1.42. The molecule has 0 heterocycles. The monoisotopic (exact) mass is 316 g/mol. The van der Waals surface area contributed by atoms with Gasteiger partial charge in [-0.25, -0.2) is 0 Å². The van der Waals surface area contributed by atoms with E-state index in [1.807, 2.05) is 24.3 Å². The number of benzene rings is 2. The van der Waals surface area contributed by atoms with Crippen molar-refractivity contribution in [3.8, 4) is 5.75 Å². The lowest BCUT2D eigenvalue weighted by atomic mass is 10.1. The molecule has 2 aromatic rings. The number of para-hydroxylation sites is 2. The molecule has 0 saturated heterocycles. The lowest BCUT2D eigenvalue weighted by Gasteiger charge is -2.14. The normalized spacial score (nSPS) is 11.8. The largest absolute Gasteiger partial charge is 0.490 e. The Balaban J connectivity index is 2.12. The smallest absolute Gasteiger partial charge is 0.314 e. The molecule has 0 aliphatic carbocycles. The Morgan fingerprint density at radius 1 is 1.26 bits per heavy atom. The molecule has 0 saturated carbocycles. The number of hydrogen-bond donors (Lipinski definition) is 2. The molecule has 0 aliphatic rings. The standard InChI is InChI=1S/C17H20N2O4/c1-12(20)14-7-3-4-8-15(14)18-11-10-13-6-5-9-16(23-2)17(13)19(21)22/h3-9,12,18,20H,10-11H2,1-2H3. The minimum absolute atomic E-state index is 0.000566. The molecule has 1 atom stereocenters. The molecule has 2 rings (SSSR count). The van der Waals surface area contributed by atoms with Crippen molar-refractivity contribution in [2.45, 2.75) is 19.4 Å². The summed E-state index contributed by atoms with van der Waals surface area (Å²) < 4.78 is 5.07. The van der Waals surface area contributed by atoms with E-state index in [1.165, 1.54) is 7.11 Å². The minimum atomic E-state index is -0.579. The summed E-state index contributed by atoms with van der Waals surface area (Å²) in [6.07, 6.45) is -0.105. The summed E-state index contributed by atoms with van der Waals surface area (Å²) in [5.41, 5.74) is 2.23. The Kier molecular flexibility index (Phi) is 5.54. The molecule has 0 radical (unpaired) electrons. The summed E-state index contributed by atoms with van der Waals surface area (Å²) in [5.74, 6) is 0.261. The average Bonchev–Trinajstić information content (AvgIpc) is 2.54. The number of nitrogens with one attached hydrogen (secondary N) is 1. The molecule has 1 unspecified atom stereocenters. The van der Waals surface area contributed by atoms with Crippen LogP contribution in [-0.2, 0) is 6.42 Å². The minimum Gasteiger partial charge on any atom is -0.490 e. The lowest BCUT2D eigenvalue weighted by molar-refractivity contribution is -0.386. The highest BCUT2D eigenvalue weighted by Crippen LogP contribution is 2.31. The first kappa shape index (κ1) is 16.8. The third kappa shape index (κ3) is 3.98. The van der Waals surface area contributed by atoms with E-state index in [1.54, 1.807) is 25.1 Å². The van der Waals surface area contributed by atoms with Gasteiger partial charge in [-0.15, -0.1) is 0 Å². The highest BCUT2D eigenvalue weighted by Gasteiger charge is 2.19. The summed E-state index contributed by atoms with van der Waals surface area (Å²) in [5, 5.41) is 24.2. The van der Waals surface area contributed by atoms with Crippen LogP contribution < -0.4 is 10.1 Å². The zero-order valence-electron chi connectivity index (χ0n) is 13.2. The van der Waals surface area contributed by atoms with Gasteiger partial charge in [0.2, 0.25) is 0 Å².